The second kappa shape index (κ2) is 6.38. The molecule has 1 aromatic heterocycles. The van der Waals surface area contributed by atoms with Gasteiger partial charge in [-0.05, 0) is 12.8 Å². The molecule has 0 aromatic carbocycles. The molecule has 0 radical (unpaired) electrons. The lowest BCUT2D eigenvalue weighted by Gasteiger charge is -2.11. The maximum absolute atomic E-state index is 11.8. The lowest BCUT2D eigenvalue weighted by Crippen LogP contribution is -2.32. The third-order valence-electron chi connectivity index (χ3n) is 3.54. The first-order chi connectivity index (χ1) is 9.99. The van der Waals surface area contributed by atoms with Gasteiger partial charge in [0.15, 0.2) is 0 Å². The number of aromatic nitrogens is 2. The summed E-state index contributed by atoms with van der Waals surface area (Å²) in [7, 11) is 0. The van der Waals surface area contributed by atoms with Crippen molar-refractivity contribution >= 4 is 23.4 Å². The van der Waals surface area contributed by atoms with E-state index in [0.29, 0.717) is 11.4 Å². The Morgan fingerprint density at radius 3 is 2.57 bits per heavy atom. The molecule has 0 spiro atoms. The number of carbonyl (C=O) groups excluding carboxylic acids is 3. The molecule has 1 fully saturated rings. The Labute approximate surface area is 121 Å². The number of primary amides is 1. The van der Waals surface area contributed by atoms with E-state index in [4.69, 9.17) is 5.73 Å². The first kappa shape index (κ1) is 15.0. The molecule has 0 aliphatic heterocycles. The molecule has 5 N–H and O–H groups in total. The number of carbonyl (C=O) groups is 3. The lowest BCUT2D eigenvalue weighted by molar-refractivity contribution is -0.122. The normalized spacial score (nSPS) is 14.9. The molecule has 0 unspecified atom stereocenters. The van der Waals surface area contributed by atoms with Crippen LogP contribution in [0.25, 0.3) is 0 Å². The molecule has 1 aromatic rings. The molecule has 114 valence electrons. The molecular formula is C13H19N5O3. The summed E-state index contributed by atoms with van der Waals surface area (Å²) in [5, 5.41) is 11.8. The number of H-pyrrole nitrogens is 1. The molecule has 0 bridgehead atoms. The molecular weight excluding hydrogens is 274 g/mol. The van der Waals surface area contributed by atoms with Crippen molar-refractivity contribution < 1.29 is 14.4 Å². The van der Waals surface area contributed by atoms with Crippen LogP contribution in [-0.2, 0) is 9.59 Å². The van der Waals surface area contributed by atoms with Crippen LogP contribution in [0.3, 0.4) is 0 Å². The minimum atomic E-state index is -0.679. The average molecular weight is 293 g/mol. The summed E-state index contributed by atoms with van der Waals surface area (Å²) >= 11 is 0. The Morgan fingerprint density at radius 2 is 2.00 bits per heavy atom. The highest BCUT2D eigenvalue weighted by molar-refractivity contribution is 6.03. The van der Waals surface area contributed by atoms with Gasteiger partial charge >= 0.3 is 0 Å². The van der Waals surface area contributed by atoms with E-state index in [9.17, 15) is 14.4 Å². The van der Waals surface area contributed by atoms with Crippen molar-refractivity contribution in [3.8, 4) is 0 Å². The molecule has 21 heavy (non-hydrogen) atoms. The van der Waals surface area contributed by atoms with Gasteiger partial charge in [-0.3, -0.25) is 19.5 Å². The minimum absolute atomic E-state index is 0.0908. The number of nitrogens with zero attached hydrogens (tertiary/aromatic N) is 1. The third kappa shape index (κ3) is 3.59. The monoisotopic (exact) mass is 293 g/mol. The van der Waals surface area contributed by atoms with Crippen LogP contribution in [0, 0.1) is 0 Å². The van der Waals surface area contributed by atoms with Crippen molar-refractivity contribution in [3.63, 3.8) is 0 Å². The molecule has 1 saturated carbocycles. The first-order valence-electron chi connectivity index (χ1n) is 6.91. The number of nitrogens with two attached hydrogens (primary N) is 1. The number of nitrogens with one attached hydrogen (secondary N) is 3. The van der Waals surface area contributed by atoms with Gasteiger partial charge in [-0.1, -0.05) is 12.8 Å². The zero-order chi connectivity index (χ0) is 15.4. The van der Waals surface area contributed by atoms with Crippen LogP contribution in [0.2, 0.25) is 0 Å². The summed E-state index contributed by atoms with van der Waals surface area (Å²) in [5.74, 6) is -1.19. The Bertz CT molecular complexity index is 560. The van der Waals surface area contributed by atoms with Crippen LogP contribution in [-0.4, -0.2) is 34.5 Å². The first-order valence-corrected chi connectivity index (χ1v) is 6.91. The van der Waals surface area contributed by atoms with Crippen LogP contribution in [0.4, 0.5) is 5.69 Å². The standard InChI is InChI=1S/C13H19N5O3/c1-7(19)15-6-9(20)16-11-10(8-4-2-3-5-8)17-18-12(11)13(14)21/h8H,2-6H2,1H3,(H2,14,21)(H,15,19)(H,16,20)(H,17,18). The number of anilines is 1. The average Bonchev–Trinajstić information content (AvgIpc) is 3.04. The van der Waals surface area contributed by atoms with Crippen LogP contribution in [0.15, 0.2) is 0 Å². The molecule has 1 aliphatic rings. The molecule has 1 aliphatic carbocycles. The highest BCUT2D eigenvalue weighted by Gasteiger charge is 2.27. The van der Waals surface area contributed by atoms with E-state index < -0.39 is 11.8 Å². The minimum Gasteiger partial charge on any atom is -0.364 e. The summed E-state index contributed by atoms with van der Waals surface area (Å²) in [6.07, 6.45) is 4.14. The van der Waals surface area contributed by atoms with Gasteiger partial charge in [-0.25, -0.2) is 0 Å². The lowest BCUT2D eigenvalue weighted by atomic mass is 10.0. The summed E-state index contributed by atoms with van der Waals surface area (Å²) < 4.78 is 0. The quantitative estimate of drug-likeness (QED) is 0.619. The number of hydrogen-bond acceptors (Lipinski definition) is 4. The van der Waals surface area contributed by atoms with Crippen LogP contribution < -0.4 is 16.4 Å². The topological polar surface area (TPSA) is 130 Å². The predicted molar refractivity (Wildman–Crippen MR) is 75.6 cm³/mol. The Balaban J connectivity index is 2.18. The van der Waals surface area contributed by atoms with Gasteiger partial charge < -0.3 is 16.4 Å². The molecule has 2 rings (SSSR count). The largest absolute Gasteiger partial charge is 0.364 e. The molecule has 3 amide bonds. The number of hydrogen-bond donors (Lipinski definition) is 4. The maximum Gasteiger partial charge on any atom is 0.268 e. The third-order valence-corrected chi connectivity index (χ3v) is 3.54. The number of rotatable bonds is 5. The van der Waals surface area contributed by atoms with Crippen LogP contribution in [0.1, 0.15) is 54.7 Å². The van der Waals surface area contributed by atoms with Gasteiger partial charge in [-0.2, -0.15) is 5.10 Å². The van der Waals surface area contributed by atoms with Crippen LogP contribution >= 0.6 is 0 Å². The summed E-state index contributed by atoms with van der Waals surface area (Å²) in [4.78, 5) is 34.1. The summed E-state index contributed by atoms with van der Waals surface area (Å²) in [5.41, 5.74) is 6.39. The molecule has 8 heteroatoms. The predicted octanol–water partition coefficient (Wildman–Crippen LogP) is 0.241. The van der Waals surface area contributed by atoms with E-state index >= 15 is 0 Å². The second-order valence-corrected chi connectivity index (χ2v) is 5.16. The van der Waals surface area contributed by atoms with Gasteiger partial charge in [0, 0.05) is 12.8 Å². The highest BCUT2D eigenvalue weighted by Crippen LogP contribution is 2.37. The van der Waals surface area contributed by atoms with E-state index in [2.05, 4.69) is 20.8 Å². The Kier molecular flexibility index (Phi) is 4.56. The van der Waals surface area contributed by atoms with E-state index in [-0.39, 0.29) is 24.1 Å². The molecule has 0 saturated heterocycles. The van der Waals surface area contributed by atoms with E-state index in [1.165, 1.54) is 6.92 Å². The van der Waals surface area contributed by atoms with Gasteiger partial charge in [0.2, 0.25) is 11.8 Å². The van der Waals surface area contributed by atoms with E-state index in [1.807, 2.05) is 0 Å². The van der Waals surface area contributed by atoms with Crippen molar-refractivity contribution in [2.24, 2.45) is 5.73 Å². The molecule has 1 heterocycles. The zero-order valence-electron chi connectivity index (χ0n) is 11.9. The van der Waals surface area contributed by atoms with Crippen molar-refractivity contribution in [2.45, 2.75) is 38.5 Å². The Hall–Kier alpha value is -2.38. The zero-order valence-corrected chi connectivity index (χ0v) is 11.9. The van der Waals surface area contributed by atoms with Crippen molar-refractivity contribution in [1.82, 2.24) is 15.5 Å². The maximum atomic E-state index is 11.8. The smallest absolute Gasteiger partial charge is 0.268 e. The molecule has 8 nitrogen and oxygen atoms in total. The fraction of sp³-hybridized carbons (Fsp3) is 0.538. The van der Waals surface area contributed by atoms with Gasteiger partial charge in [0.05, 0.1) is 17.9 Å². The summed E-state index contributed by atoms with van der Waals surface area (Å²) in [6.45, 7) is 1.16. The van der Waals surface area contributed by atoms with E-state index in [1.54, 1.807) is 0 Å². The van der Waals surface area contributed by atoms with Gasteiger partial charge in [0.1, 0.15) is 5.69 Å². The van der Waals surface area contributed by atoms with E-state index in [0.717, 1.165) is 25.7 Å². The van der Waals surface area contributed by atoms with Gasteiger partial charge in [-0.15, -0.1) is 0 Å². The van der Waals surface area contributed by atoms with Crippen molar-refractivity contribution in [1.29, 1.82) is 0 Å². The molecule has 0 atom stereocenters. The van der Waals surface area contributed by atoms with Crippen molar-refractivity contribution in [2.75, 3.05) is 11.9 Å². The SMILES string of the molecule is CC(=O)NCC(=O)Nc1c(C2CCCC2)n[nH]c1C(N)=O. The highest BCUT2D eigenvalue weighted by atomic mass is 16.2. The van der Waals surface area contributed by atoms with Crippen LogP contribution in [0.5, 0.6) is 0 Å². The fourth-order valence-corrected chi connectivity index (χ4v) is 2.54. The second-order valence-electron chi connectivity index (χ2n) is 5.16. The number of amides is 3. The number of aromatic amines is 1. The van der Waals surface area contributed by atoms with Crippen molar-refractivity contribution in [3.05, 3.63) is 11.4 Å². The summed E-state index contributed by atoms with van der Waals surface area (Å²) in [6, 6.07) is 0. The van der Waals surface area contributed by atoms with Gasteiger partial charge in [0.25, 0.3) is 5.91 Å². The fourth-order valence-electron chi connectivity index (χ4n) is 2.54. The Morgan fingerprint density at radius 1 is 1.33 bits per heavy atom.